The van der Waals surface area contributed by atoms with Crippen LogP contribution in [0.15, 0.2) is 0 Å². The molecule has 0 radical (unpaired) electrons. The molecule has 0 rings (SSSR count). The molecule has 0 saturated heterocycles. The molecule has 1 N–H and O–H groups in total. The van der Waals surface area contributed by atoms with E-state index in [1.807, 2.05) is 0 Å². The van der Waals surface area contributed by atoms with E-state index in [2.05, 4.69) is 0 Å². The molecule has 0 atom stereocenters. The van der Waals surface area contributed by atoms with E-state index in [1.165, 1.54) is 83.5 Å². The van der Waals surface area contributed by atoms with E-state index in [9.17, 15) is 13.0 Å². The maximum absolute atomic E-state index is 10.5. The average molecular weight is 401 g/mol. The first-order valence-corrected chi connectivity index (χ1v) is 12.2. The average Bonchev–Trinajstić information content (AvgIpc) is 2.56. The summed E-state index contributed by atoms with van der Waals surface area (Å²) in [5, 5.41) is 8.70. The maximum atomic E-state index is 10.5. The van der Waals surface area contributed by atoms with Crippen LogP contribution < -0.4 is 29.6 Å². The summed E-state index contributed by atoms with van der Waals surface area (Å²) in [7, 11) is -4.01. The Morgan fingerprint density at radius 1 is 0.500 bits per heavy atom. The van der Waals surface area contributed by atoms with Gasteiger partial charge in [-0.25, -0.2) is 8.42 Å². The van der Waals surface area contributed by atoms with Crippen LogP contribution in [0, 0.1) is 0 Å². The quantitative estimate of drug-likeness (QED) is 0.194. The summed E-state index contributed by atoms with van der Waals surface area (Å²) >= 11 is 0. The first kappa shape index (κ1) is 29.1. The van der Waals surface area contributed by atoms with Crippen molar-refractivity contribution < 1.29 is 47.6 Å². The zero-order chi connectivity index (χ0) is 18.6. The van der Waals surface area contributed by atoms with E-state index in [0.29, 0.717) is 13.0 Å². The second-order valence-electron chi connectivity index (χ2n) is 7.35. The minimum atomic E-state index is -4.01. The van der Waals surface area contributed by atoms with Crippen molar-refractivity contribution in [1.82, 2.24) is 0 Å². The molecule has 4 nitrogen and oxygen atoms in total. The van der Waals surface area contributed by atoms with Gasteiger partial charge in [-0.05, 0) is 12.8 Å². The number of aliphatic hydroxyl groups excluding tert-OH is 1. The van der Waals surface area contributed by atoms with Gasteiger partial charge in [0.2, 0.25) is 0 Å². The van der Waals surface area contributed by atoms with Gasteiger partial charge in [0, 0.05) is 12.4 Å². The first-order chi connectivity index (χ1) is 12.1. The molecule has 0 spiro atoms. The van der Waals surface area contributed by atoms with Crippen LogP contribution in [0.1, 0.15) is 116 Å². The van der Waals surface area contributed by atoms with Crippen molar-refractivity contribution in [2.75, 3.05) is 12.4 Å². The molecule has 26 heavy (non-hydrogen) atoms. The van der Waals surface area contributed by atoms with Gasteiger partial charge in [0.05, 0.1) is 10.1 Å². The van der Waals surface area contributed by atoms with Crippen LogP contribution in [0.25, 0.3) is 0 Å². The topological polar surface area (TPSA) is 77.4 Å². The third kappa shape index (κ3) is 27.1. The molecule has 0 bridgehead atoms. The SMILES string of the molecule is O=S(=O)([O-])CCCCCCCCCCCCCCCCCCCCO.[Na+]. The molecule has 0 unspecified atom stereocenters. The maximum Gasteiger partial charge on any atom is 1.00 e. The third-order valence-electron chi connectivity index (χ3n) is 4.80. The molecule has 0 heterocycles. The summed E-state index contributed by atoms with van der Waals surface area (Å²) in [6, 6.07) is 0. The van der Waals surface area contributed by atoms with Crippen LogP contribution in [0.2, 0.25) is 0 Å². The van der Waals surface area contributed by atoms with E-state index in [-0.39, 0.29) is 35.3 Å². The molecule has 0 aliphatic carbocycles. The van der Waals surface area contributed by atoms with Crippen molar-refractivity contribution in [3.8, 4) is 0 Å². The van der Waals surface area contributed by atoms with E-state index < -0.39 is 10.1 Å². The fourth-order valence-corrected chi connectivity index (χ4v) is 3.78. The van der Waals surface area contributed by atoms with Crippen molar-refractivity contribution >= 4 is 10.1 Å². The molecule has 0 aromatic heterocycles. The minimum Gasteiger partial charge on any atom is -0.748 e. The standard InChI is InChI=1S/C20H42O4S.Na/c21-19-17-15-13-11-9-7-5-3-1-2-4-6-8-10-12-14-16-18-20-25(22,23)24;/h21H,1-20H2,(H,22,23,24);/q;+1/p-1. The Morgan fingerprint density at radius 2 is 0.731 bits per heavy atom. The number of hydrogen-bond donors (Lipinski definition) is 1. The number of hydrogen-bond acceptors (Lipinski definition) is 4. The Bertz CT molecular complexity index is 361. The van der Waals surface area contributed by atoms with Crippen LogP contribution in [-0.4, -0.2) is 30.4 Å². The third-order valence-corrected chi connectivity index (χ3v) is 5.59. The second-order valence-corrected chi connectivity index (χ2v) is 8.87. The Balaban J connectivity index is 0. The summed E-state index contributed by atoms with van der Waals surface area (Å²) in [6.07, 6.45) is 21.7. The molecular weight excluding hydrogens is 359 g/mol. The Kier molecular flexibility index (Phi) is 24.8. The van der Waals surface area contributed by atoms with Gasteiger partial charge >= 0.3 is 29.6 Å². The number of rotatable bonds is 20. The smallest absolute Gasteiger partial charge is 0.748 e. The van der Waals surface area contributed by atoms with Gasteiger partial charge in [0.15, 0.2) is 0 Å². The predicted molar refractivity (Wildman–Crippen MR) is 105 cm³/mol. The van der Waals surface area contributed by atoms with Crippen molar-refractivity contribution in [2.24, 2.45) is 0 Å². The fourth-order valence-electron chi connectivity index (χ4n) is 3.22. The number of aliphatic hydroxyl groups is 1. The van der Waals surface area contributed by atoms with Gasteiger partial charge in [-0.2, -0.15) is 0 Å². The van der Waals surface area contributed by atoms with E-state index in [1.54, 1.807) is 0 Å². The van der Waals surface area contributed by atoms with Gasteiger partial charge in [-0.1, -0.05) is 103 Å². The van der Waals surface area contributed by atoms with Gasteiger partial charge in [-0.3, -0.25) is 0 Å². The molecule has 6 heteroatoms. The molecule has 0 fully saturated rings. The number of unbranched alkanes of at least 4 members (excludes halogenated alkanes) is 17. The summed E-state index contributed by atoms with van der Waals surface area (Å²) < 4.78 is 31.4. The Morgan fingerprint density at radius 3 is 0.962 bits per heavy atom. The summed E-state index contributed by atoms with van der Waals surface area (Å²) in [5.41, 5.74) is 0. The van der Waals surface area contributed by atoms with Crippen molar-refractivity contribution in [3.05, 3.63) is 0 Å². The largest absolute Gasteiger partial charge is 1.00 e. The van der Waals surface area contributed by atoms with Gasteiger partial charge in [0.25, 0.3) is 0 Å². The van der Waals surface area contributed by atoms with Crippen LogP contribution >= 0.6 is 0 Å². The molecule has 0 aromatic rings. The van der Waals surface area contributed by atoms with Crippen LogP contribution in [0.3, 0.4) is 0 Å². The van der Waals surface area contributed by atoms with E-state index in [0.717, 1.165) is 25.7 Å². The monoisotopic (exact) mass is 400 g/mol. The molecule has 152 valence electrons. The zero-order valence-corrected chi connectivity index (χ0v) is 20.0. The van der Waals surface area contributed by atoms with Crippen LogP contribution in [0.4, 0.5) is 0 Å². The first-order valence-electron chi connectivity index (χ1n) is 10.6. The molecule has 0 amide bonds. The van der Waals surface area contributed by atoms with E-state index in [4.69, 9.17) is 5.11 Å². The Hall–Kier alpha value is 0.870. The Labute approximate surface area is 185 Å². The van der Waals surface area contributed by atoms with Crippen molar-refractivity contribution in [1.29, 1.82) is 0 Å². The summed E-state index contributed by atoms with van der Waals surface area (Å²) in [5.74, 6) is -0.198. The second kappa shape index (κ2) is 22.2. The molecule has 0 saturated carbocycles. The van der Waals surface area contributed by atoms with Gasteiger partial charge < -0.3 is 9.66 Å². The fraction of sp³-hybridized carbons (Fsp3) is 1.00. The minimum absolute atomic E-state index is 0. The summed E-state index contributed by atoms with van der Waals surface area (Å²) in [4.78, 5) is 0. The van der Waals surface area contributed by atoms with Crippen LogP contribution in [0.5, 0.6) is 0 Å². The van der Waals surface area contributed by atoms with Crippen LogP contribution in [-0.2, 0) is 10.1 Å². The predicted octanol–water partition coefficient (Wildman–Crippen LogP) is 2.55. The zero-order valence-electron chi connectivity index (χ0n) is 17.2. The molecule has 0 aliphatic heterocycles. The molecule has 0 aromatic carbocycles. The summed E-state index contributed by atoms with van der Waals surface area (Å²) in [6.45, 7) is 0.342. The van der Waals surface area contributed by atoms with Crippen molar-refractivity contribution in [2.45, 2.75) is 116 Å². The van der Waals surface area contributed by atoms with Gasteiger partial charge in [0.1, 0.15) is 0 Å². The van der Waals surface area contributed by atoms with Crippen molar-refractivity contribution in [3.63, 3.8) is 0 Å². The molecular formula is C20H41NaO4S. The normalized spacial score (nSPS) is 11.5. The molecule has 0 aliphatic rings. The van der Waals surface area contributed by atoms with E-state index >= 15 is 0 Å². The van der Waals surface area contributed by atoms with Gasteiger partial charge in [-0.15, -0.1) is 0 Å².